The molecule has 0 nitrogen and oxygen atoms in total. The van der Waals surface area contributed by atoms with E-state index in [0.717, 1.165) is 6.42 Å². The molecule has 0 spiro atoms. The standard InChI is InChI=1S/C16H16S/c1-13-8-10-16(11-9-13)17-14(2)12-15-6-4-3-5-7-15/h3-11H,2,12H2,1H3. The summed E-state index contributed by atoms with van der Waals surface area (Å²) in [5, 5.41) is 0. The van der Waals surface area contributed by atoms with E-state index in [-0.39, 0.29) is 0 Å². The molecular formula is C16H16S. The minimum absolute atomic E-state index is 0.930. The molecule has 0 N–H and O–H groups in total. The Morgan fingerprint density at radius 1 is 1.00 bits per heavy atom. The largest absolute Gasteiger partial charge is 0.0948 e. The van der Waals surface area contributed by atoms with Gasteiger partial charge in [0.05, 0.1) is 0 Å². The van der Waals surface area contributed by atoms with E-state index in [2.05, 4.69) is 62.0 Å². The maximum absolute atomic E-state index is 4.13. The summed E-state index contributed by atoms with van der Waals surface area (Å²) >= 11 is 1.75. The number of thioether (sulfide) groups is 1. The molecule has 0 amide bonds. The first kappa shape index (κ1) is 12.0. The second-order valence-corrected chi connectivity index (χ2v) is 5.37. The lowest BCUT2D eigenvalue weighted by atomic mass is 10.1. The summed E-state index contributed by atoms with van der Waals surface area (Å²) in [7, 11) is 0. The van der Waals surface area contributed by atoms with Gasteiger partial charge in [-0.3, -0.25) is 0 Å². The average Bonchev–Trinajstić information content (AvgIpc) is 2.33. The second-order valence-electron chi connectivity index (χ2n) is 4.12. The van der Waals surface area contributed by atoms with Crippen LogP contribution in [0, 0.1) is 6.92 Å². The molecule has 0 saturated carbocycles. The Kier molecular flexibility index (Phi) is 4.05. The molecule has 17 heavy (non-hydrogen) atoms. The van der Waals surface area contributed by atoms with E-state index in [4.69, 9.17) is 0 Å². The van der Waals surface area contributed by atoms with Crippen molar-refractivity contribution in [1.82, 2.24) is 0 Å². The van der Waals surface area contributed by atoms with E-state index in [1.54, 1.807) is 11.8 Å². The quantitative estimate of drug-likeness (QED) is 0.689. The summed E-state index contributed by atoms with van der Waals surface area (Å²) in [4.78, 5) is 2.44. The van der Waals surface area contributed by atoms with Crippen molar-refractivity contribution in [3.05, 3.63) is 77.2 Å². The number of benzene rings is 2. The first-order chi connectivity index (χ1) is 8.24. The van der Waals surface area contributed by atoms with E-state index in [0.29, 0.717) is 0 Å². The molecule has 2 aromatic carbocycles. The van der Waals surface area contributed by atoms with Crippen LogP contribution in [0.4, 0.5) is 0 Å². The lowest BCUT2D eigenvalue weighted by molar-refractivity contribution is 1.25. The van der Waals surface area contributed by atoms with Crippen molar-refractivity contribution in [3.63, 3.8) is 0 Å². The molecule has 2 aromatic rings. The van der Waals surface area contributed by atoms with Gasteiger partial charge in [-0.05, 0) is 29.5 Å². The number of aryl methyl sites for hydroxylation is 1. The van der Waals surface area contributed by atoms with Crippen LogP contribution < -0.4 is 0 Å². The van der Waals surface area contributed by atoms with Crippen molar-refractivity contribution >= 4 is 11.8 Å². The minimum Gasteiger partial charge on any atom is -0.0948 e. The molecule has 1 heteroatoms. The molecule has 0 aliphatic heterocycles. The van der Waals surface area contributed by atoms with E-state index < -0.39 is 0 Å². The van der Waals surface area contributed by atoms with Crippen LogP contribution in [0.5, 0.6) is 0 Å². The lowest BCUT2D eigenvalue weighted by Gasteiger charge is -2.06. The van der Waals surface area contributed by atoms with Crippen molar-refractivity contribution in [1.29, 1.82) is 0 Å². The van der Waals surface area contributed by atoms with Crippen LogP contribution in [0.3, 0.4) is 0 Å². The Morgan fingerprint density at radius 2 is 1.65 bits per heavy atom. The fourth-order valence-corrected chi connectivity index (χ4v) is 2.48. The van der Waals surface area contributed by atoms with Crippen LogP contribution in [-0.2, 0) is 6.42 Å². The highest BCUT2D eigenvalue weighted by Gasteiger charge is 2.00. The first-order valence-electron chi connectivity index (χ1n) is 5.70. The van der Waals surface area contributed by atoms with Crippen molar-refractivity contribution in [3.8, 4) is 0 Å². The molecule has 0 fully saturated rings. The minimum atomic E-state index is 0.930. The Balaban J connectivity index is 1.96. The van der Waals surface area contributed by atoms with Crippen LogP contribution in [0.1, 0.15) is 11.1 Å². The van der Waals surface area contributed by atoms with Gasteiger partial charge in [0, 0.05) is 11.3 Å². The van der Waals surface area contributed by atoms with Gasteiger partial charge in [0.15, 0.2) is 0 Å². The van der Waals surface area contributed by atoms with E-state index >= 15 is 0 Å². The fourth-order valence-electron chi connectivity index (χ4n) is 1.63. The summed E-state index contributed by atoms with van der Waals surface area (Å²) in [5.74, 6) is 0. The molecular weight excluding hydrogens is 224 g/mol. The lowest BCUT2D eigenvalue weighted by Crippen LogP contribution is -1.85. The number of allylic oxidation sites excluding steroid dienone is 1. The highest BCUT2D eigenvalue weighted by atomic mass is 32.2. The van der Waals surface area contributed by atoms with Crippen LogP contribution in [0.15, 0.2) is 71.0 Å². The van der Waals surface area contributed by atoms with Crippen LogP contribution >= 0.6 is 11.8 Å². The third kappa shape index (κ3) is 3.79. The highest BCUT2D eigenvalue weighted by Crippen LogP contribution is 2.27. The number of hydrogen-bond donors (Lipinski definition) is 0. The molecule has 0 unspecified atom stereocenters. The molecule has 0 heterocycles. The molecule has 0 atom stereocenters. The molecule has 2 rings (SSSR count). The molecule has 0 radical (unpaired) electrons. The van der Waals surface area contributed by atoms with Gasteiger partial charge in [0.2, 0.25) is 0 Å². The van der Waals surface area contributed by atoms with E-state index in [9.17, 15) is 0 Å². The topological polar surface area (TPSA) is 0 Å². The zero-order valence-electron chi connectivity index (χ0n) is 10.0. The third-order valence-corrected chi connectivity index (χ3v) is 3.47. The summed E-state index contributed by atoms with van der Waals surface area (Å²) in [6.07, 6.45) is 0.930. The Labute approximate surface area is 107 Å². The van der Waals surface area contributed by atoms with Gasteiger partial charge in [-0.2, -0.15) is 0 Å². The van der Waals surface area contributed by atoms with E-state index in [1.807, 2.05) is 6.07 Å². The third-order valence-electron chi connectivity index (χ3n) is 2.53. The molecule has 0 aliphatic carbocycles. The first-order valence-corrected chi connectivity index (χ1v) is 6.52. The van der Waals surface area contributed by atoms with Gasteiger partial charge < -0.3 is 0 Å². The normalized spacial score (nSPS) is 10.2. The van der Waals surface area contributed by atoms with Crippen LogP contribution in [0.25, 0.3) is 0 Å². The monoisotopic (exact) mass is 240 g/mol. The SMILES string of the molecule is C=C(Cc1ccccc1)Sc1ccc(C)cc1. The van der Waals surface area contributed by atoms with Crippen molar-refractivity contribution in [2.75, 3.05) is 0 Å². The molecule has 86 valence electrons. The van der Waals surface area contributed by atoms with Crippen molar-refractivity contribution in [2.45, 2.75) is 18.2 Å². The molecule has 0 aromatic heterocycles. The zero-order chi connectivity index (χ0) is 12.1. The van der Waals surface area contributed by atoms with Crippen LogP contribution in [0.2, 0.25) is 0 Å². The fraction of sp³-hybridized carbons (Fsp3) is 0.125. The number of rotatable bonds is 4. The van der Waals surface area contributed by atoms with Gasteiger partial charge in [-0.25, -0.2) is 0 Å². The summed E-state index contributed by atoms with van der Waals surface area (Å²) in [6, 6.07) is 19.0. The predicted octanol–water partition coefficient (Wildman–Crippen LogP) is 4.84. The Bertz CT molecular complexity index is 483. The van der Waals surface area contributed by atoms with E-state index in [1.165, 1.54) is 20.9 Å². The second kappa shape index (κ2) is 5.74. The summed E-state index contributed by atoms with van der Waals surface area (Å²) < 4.78 is 0. The molecule has 0 bridgehead atoms. The average molecular weight is 240 g/mol. The van der Waals surface area contributed by atoms with Crippen molar-refractivity contribution < 1.29 is 0 Å². The Morgan fingerprint density at radius 3 is 2.29 bits per heavy atom. The summed E-state index contributed by atoms with van der Waals surface area (Å²) in [6.45, 7) is 6.24. The Hall–Kier alpha value is -1.47. The van der Waals surface area contributed by atoms with Gasteiger partial charge in [0.25, 0.3) is 0 Å². The van der Waals surface area contributed by atoms with Crippen LogP contribution in [-0.4, -0.2) is 0 Å². The van der Waals surface area contributed by atoms with Gasteiger partial charge in [0.1, 0.15) is 0 Å². The highest BCUT2D eigenvalue weighted by molar-refractivity contribution is 8.03. The molecule has 0 aliphatic rings. The number of hydrogen-bond acceptors (Lipinski definition) is 1. The predicted molar refractivity (Wildman–Crippen MR) is 76.3 cm³/mol. The maximum Gasteiger partial charge on any atom is 0.0119 e. The van der Waals surface area contributed by atoms with Gasteiger partial charge >= 0.3 is 0 Å². The molecule has 0 saturated heterocycles. The van der Waals surface area contributed by atoms with Gasteiger partial charge in [-0.1, -0.05) is 66.4 Å². The van der Waals surface area contributed by atoms with Gasteiger partial charge in [-0.15, -0.1) is 0 Å². The zero-order valence-corrected chi connectivity index (χ0v) is 10.8. The smallest absolute Gasteiger partial charge is 0.0119 e. The van der Waals surface area contributed by atoms with Crippen molar-refractivity contribution in [2.24, 2.45) is 0 Å². The maximum atomic E-state index is 4.13. The summed E-state index contributed by atoms with van der Waals surface area (Å²) in [5.41, 5.74) is 2.61.